The fourth-order valence-electron chi connectivity index (χ4n) is 4.73. The van der Waals surface area contributed by atoms with Crippen LogP contribution in [0.4, 0.5) is 5.69 Å². The lowest BCUT2D eigenvalue weighted by Crippen LogP contribution is -2.05. The monoisotopic (exact) mass is 366 g/mol. The highest BCUT2D eigenvalue weighted by Crippen LogP contribution is 2.57. The lowest BCUT2D eigenvalue weighted by atomic mass is 10.0. The largest absolute Gasteiger partial charge is 0.494 e. The van der Waals surface area contributed by atoms with Crippen molar-refractivity contribution in [2.45, 2.75) is 23.2 Å². The molecule has 0 amide bonds. The van der Waals surface area contributed by atoms with Gasteiger partial charge in [-0.3, -0.25) is 9.29 Å². The summed E-state index contributed by atoms with van der Waals surface area (Å²) in [6.45, 7) is 0. The fraction of sp³-hybridized carbons (Fsp3) is 0.158. The number of allylic oxidation sites excluding steroid dienone is 2. The summed E-state index contributed by atoms with van der Waals surface area (Å²) in [6, 6.07) is 8.43. The van der Waals surface area contributed by atoms with Gasteiger partial charge in [-0.1, -0.05) is 24.3 Å². The van der Waals surface area contributed by atoms with E-state index in [1.54, 1.807) is 30.3 Å². The van der Waals surface area contributed by atoms with Gasteiger partial charge in [0.15, 0.2) is 0 Å². The number of anilines is 1. The van der Waals surface area contributed by atoms with Crippen LogP contribution in [0.5, 0.6) is 11.8 Å². The molecule has 2 aromatic carbocycles. The number of aromatic nitrogens is 1. The van der Waals surface area contributed by atoms with Crippen molar-refractivity contribution in [2.75, 3.05) is 4.72 Å². The molecule has 0 fully saturated rings. The van der Waals surface area contributed by atoms with Crippen molar-refractivity contribution in [1.29, 1.82) is 0 Å². The molecule has 0 spiro atoms. The summed E-state index contributed by atoms with van der Waals surface area (Å²) in [5.41, 5.74) is 2.64. The van der Waals surface area contributed by atoms with Gasteiger partial charge in [0.25, 0.3) is 10.0 Å². The fourth-order valence-corrected chi connectivity index (χ4v) is 6.05. The molecular formula is C19H14N2O4S. The SMILES string of the molecule is O=S1(=O)Nc2ccc(-n3c(O)c4c(c3O)[C@H]3C=C[C@@H]4C3)c3cccc1c23. The number of sulfonamides is 1. The van der Waals surface area contributed by atoms with E-state index in [9.17, 15) is 18.6 Å². The van der Waals surface area contributed by atoms with Crippen molar-refractivity contribution < 1.29 is 18.6 Å². The molecule has 3 aliphatic rings. The summed E-state index contributed by atoms with van der Waals surface area (Å²) in [7, 11) is -3.58. The molecule has 1 aromatic heterocycles. The Kier molecular flexibility index (Phi) is 2.33. The highest BCUT2D eigenvalue weighted by molar-refractivity contribution is 7.93. The molecular weight excluding hydrogens is 352 g/mol. The predicted molar refractivity (Wildman–Crippen MR) is 96.7 cm³/mol. The molecule has 7 heteroatoms. The van der Waals surface area contributed by atoms with Gasteiger partial charge in [0.2, 0.25) is 11.8 Å². The molecule has 3 N–H and O–H groups in total. The van der Waals surface area contributed by atoms with Crippen LogP contribution < -0.4 is 4.72 Å². The number of benzene rings is 2. The van der Waals surface area contributed by atoms with Crippen LogP contribution in [0.25, 0.3) is 16.5 Å². The maximum Gasteiger partial charge on any atom is 0.262 e. The lowest BCUT2D eigenvalue weighted by molar-refractivity contribution is 0.396. The standard InChI is InChI=1S/C19H14N2O4S/c22-18-15-9-4-5-10(8-9)16(15)19(23)21(18)13-7-6-12-17-11(13)2-1-3-14(17)26(24,25)20-12/h1-7,9-10,20,22-23H,8H2/t9-,10+. The molecule has 130 valence electrons. The zero-order chi connectivity index (χ0) is 17.8. The summed E-state index contributed by atoms with van der Waals surface area (Å²) in [6.07, 6.45) is 5.03. The number of nitrogens with zero attached hydrogens (tertiary/aromatic N) is 1. The zero-order valence-electron chi connectivity index (χ0n) is 13.5. The van der Waals surface area contributed by atoms with Crippen molar-refractivity contribution in [3.05, 3.63) is 53.6 Å². The highest BCUT2D eigenvalue weighted by atomic mass is 32.2. The van der Waals surface area contributed by atoms with Gasteiger partial charge in [-0.25, -0.2) is 8.42 Å². The first-order valence-electron chi connectivity index (χ1n) is 8.41. The Morgan fingerprint density at radius 3 is 2.38 bits per heavy atom. The second kappa shape index (κ2) is 4.24. The molecule has 0 saturated heterocycles. The predicted octanol–water partition coefficient (Wildman–Crippen LogP) is 3.30. The van der Waals surface area contributed by atoms with Crippen LogP contribution in [0.1, 0.15) is 29.4 Å². The van der Waals surface area contributed by atoms with Crippen LogP contribution in [-0.2, 0) is 10.0 Å². The van der Waals surface area contributed by atoms with Crippen LogP contribution >= 0.6 is 0 Å². The van der Waals surface area contributed by atoms with E-state index in [1.165, 1.54) is 4.57 Å². The van der Waals surface area contributed by atoms with E-state index in [2.05, 4.69) is 16.9 Å². The highest BCUT2D eigenvalue weighted by Gasteiger charge is 2.41. The molecule has 6 rings (SSSR count). The van der Waals surface area contributed by atoms with E-state index in [0.29, 0.717) is 22.1 Å². The third-order valence-electron chi connectivity index (χ3n) is 5.77. The maximum absolute atomic E-state index is 12.3. The van der Waals surface area contributed by atoms with Crippen molar-refractivity contribution >= 4 is 26.5 Å². The van der Waals surface area contributed by atoms with Gasteiger partial charge in [0.1, 0.15) is 0 Å². The third-order valence-corrected chi connectivity index (χ3v) is 7.18. The van der Waals surface area contributed by atoms with Crippen LogP contribution in [0.3, 0.4) is 0 Å². The Morgan fingerprint density at radius 1 is 1.00 bits per heavy atom. The van der Waals surface area contributed by atoms with Gasteiger partial charge >= 0.3 is 0 Å². The van der Waals surface area contributed by atoms with Crippen molar-refractivity contribution in [2.24, 2.45) is 0 Å². The lowest BCUT2D eigenvalue weighted by Gasteiger charge is -2.13. The second-order valence-electron chi connectivity index (χ2n) is 7.06. The third kappa shape index (κ3) is 1.47. The van der Waals surface area contributed by atoms with Gasteiger partial charge < -0.3 is 10.2 Å². The Labute approximate surface area is 149 Å². The molecule has 2 aliphatic carbocycles. The average Bonchev–Trinajstić information content (AvgIpc) is 3.34. The number of aromatic hydroxyl groups is 2. The summed E-state index contributed by atoms with van der Waals surface area (Å²) in [5, 5.41) is 23.0. The molecule has 6 nitrogen and oxygen atoms in total. The Balaban J connectivity index is 1.70. The van der Waals surface area contributed by atoms with Gasteiger partial charge in [0, 0.05) is 33.7 Å². The quantitative estimate of drug-likeness (QED) is 0.576. The van der Waals surface area contributed by atoms with E-state index in [4.69, 9.17) is 0 Å². The summed E-state index contributed by atoms with van der Waals surface area (Å²) < 4.78 is 28.6. The minimum absolute atomic E-state index is 0.0314. The smallest absolute Gasteiger partial charge is 0.262 e. The summed E-state index contributed by atoms with van der Waals surface area (Å²) in [5.74, 6) is 0.315. The minimum Gasteiger partial charge on any atom is -0.494 e. The van der Waals surface area contributed by atoms with Gasteiger partial charge in [-0.2, -0.15) is 0 Å². The number of nitrogens with one attached hydrogen (secondary N) is 1. The molecule has 3 aromatic rings. The number of hydrogen-bond donors (Lipinski definition) is 3. The van der Waals surface area contributed by atoms with E-state index in [-0.39, 0.29) is 28.5 Å². The number of hydrogen-bond acceptors (Lipinski definition) is 4. The van der Waals surface area contributed by atoms with E-state index < -0.39 is 10.0 Å². The Hall–Kier alpha value is -2.93. The maximum atomic E-state index is 12.3. The topological polar surface area (TPSA) is 91.6 Å². The molecule has 26 heavy (non-hydrogen) atoms. The minimum atomic E-state index is -3.58. The number of fused-ring (bicyclic) bond motifs is 5. The van der Waals surface area contributed by atoms with Crippen LogP contribution in [0.15, 0.2) is 47.4 Å². The van der Waals surface area contributed by atoms with E-state index >= 15 is 0 Å². The van der Waals surface area contributed by atoms with Gasteiger partial charge in [-0.15, -0.1) is 0 Å². The zero-order valence-corrected chi connectivity index (χ0v) is 14.3. The Morgan fingerprint density at radius 2 is 1.69 bits per heavy atom. The average molecular weight is 366 g/mol. The molecule has 2 bridgehead atoms. The van der Waals surface area contributed by atoms with Crippen molar-refractivity contribution in [3.8, 4) is 17.4 Å². The van der Waals surface area contributed by atoms with E-state index in [1.807, 2.05) is 0 Å². The molecule has 0 radical (unpaired) electrons. The second-order valence-corrected chi connectivity index (χ2v) is 8.71. The van der Waals surface area contributed by atoms with Crippen LogP contribution in [0, 0.1) is 0 Å². The molecule has 2 heterocycles. The first kappa shape index (κ1) is 14.3. The first-order chi connectivity index (χ1) is 12.5. The number of rotatable bonds is 1. The van der Waals surface area contributed by atoms with E-state index in [0.717, 1.165) is 17.5 Å². The van der Waals surface area contributed by atoms with Crippen LogP contribution in [-0.4, -0.2) is 23.2 Å². The summed E-state index contributed by atoms with van der Waals surface area (Å²) >= 11 is 0. The normalized spacial score (nSPS) is 23.5. The van der Waals surface area contributed by atoms with Gasteiger partial charge in [0.05, 0.1) is 16.3 Å². The molecule has 1 aliphatic heterocycles. The van der Waals surface area contributed by atoms with Crippen molar-refractivity contribution in [1.82, 2.24) is 4.57 Å². The molecule has 0 unspecified atom stereocenters. The van der Waals surface area contributed by atoms with Crippen LogP contribution in [0.2, 0.25) is 0 Å². The Bertz CT molecular complexity index is 1250. The molecule has 0 saturated carbocycles. The first-order valence-corrected chi connectivity index (χ1v) is 9.89. The van der Waals surface area contributed by atoms with Crippen molar-refractivity contribution in [3.63, 3.8) is 0 Å². The summed E-state index contributed by atoms with van der Waals surface area (Å²) in [4.78, 5) is 0.215. The van der Waals surface area contributed by atoms with Gasteiger partial charge in [-0.05, 0) is 24.6 Å². The molecule has 2 atom stereocenters.